The van der Waals surface area contributed by atoms with E-state index in [1.54, 1.807) is 0 Å². The van der Waals surface area contributed by atoms with Crippen LogP contribution in [0.3, 0.4) is 0 Å². The van der Waals surface area contributed by atoms with Crippen LogP contribution in [0.2, 0.25) is 0 Å². The first-order chi connectivity index (χ1) is 9.79. The third-order valence-corrected chi connectivity index (χ3v) is 3.92. The number of aliphatic hydroxyl groups excluding tert-OH is 1. The molecular formula is C17H19NO2. The molecule has 0 saturated carbocycles. The third kappa shape index (κ3) is 2.41. The summed E-state index contributed by atoms with van der Waals surface area (Å²) < 4.78 is 2.13. The number of hydrogen-bond acceptors (Lipinski definition) is 2. The van der Waals surface area contributed by atoms with Crippen LogP contribution in [0.15, 0.2) is 36.5 Å². The van der Waals surface area contributed by atoms with Gasteiger partial charge in [0.15, 0.2) is 5.78 Å². The van der Waals surface area contributed by atoms with Crippen molar-refractivity contribution in [3.63, 3.8) is 0 Å². The van der Waals surface area contributed by atoms with E-state index in [1.807, 2.05) is 18.3 Å². The minimum absolute atomic E-state index is 0.220. The maximum Gasteiger partial charge on any atom is 0.164 e. The molecule has 0 radical (unpaired) electrons. The Bertz CT molecular complexity index is 628. The minimum Gasteiger partial charge on any atom is -0.396 e. The molecule has 1 aromatic carbocycles. The molecule has 0 unspecified atom stereocenters. The molecule has 1 aromatic heterocycles. The van der Waals surface area contributed by atoms with Gasteiger partial charge in [-0.25, -0.2) is 0 Å². The first-order valence-corrected chi connectivity index (χ1v) is 7.23. The second kappa shape index (κ2) is 5.63. The number of aryl methyl sites for hydroxylation is 1. The molecule has 0 spiro atoms. The lowest BCUT2D eigenvalue weighted by Gasteiger charge is -2.15. The van der Waals surface area contributed by atoms with Crippen LogP contribution in [-0.4, -0.2) is 22.1 Å². The van der Waals surface area contributed by atoms with Gasteiger partial charge in [0, 0.05) is 36.2 Å². The molecule has 2 aromatic rings. The molecule has 1 heterocycles. The fraction of sp³-hybridized carbons (Fsp3) is 0.353. The highest BCUT2D eigenvalue weighted by molar-refractivity contribution is 5.98. The summed E-state index contributed by atoms with van der Waals surface area (Å²) in [6, 6.07) is 10.3. The maximum atomic E-state index is 11.9. The van der Waals surface area contributed by atoms with Crippen LogP contribution in [0, 0.1) is 0 Å². The number of fused-ring (bicyclic) bond motifs is 1. The predicted octanol–water partition coefficient (Wildman–Crippen LogP) is 2.92. The number of aromatic nitrogens is 1. The van der Waals surface area contributed by atoms with Crippen LogP contribution >= 0.6 is 0 Å². The fourth-order valence-corrected chi connectivity index (χ4v) is 2.91. The monoisotopic (exact) mass is 269 g/mol. The van der Waals surface area contributed by atoms with Gasteiger partial charge in [0.1, 0.15) is 0 Å². The van der Waals surface area contributed by atoms with Crippen LogP contribution in [0.1, 0.15) is 40.9 Å². The summed E-state index contributed by atoms with van der Waals surface area (Å²) in [6.07, 6.45) is 6.25. The topological polar surface area (TPSA) is 42.2 Å². The van der Waals surface area contributed by atoms with Crippen molar-refractivity contribution < 1.29 is 9.90 Å². The molecule has 0 aliphatic heterocycles. The number of carbonyl (C=O) groups excluding carboxylic acids is 1. The molecule has 1 aliphatic carbocycles. The number of carbonyl (C=O) groups is 1. The lowest BCUT2D eigenvalue weighted by molar-refractivity contribution is 0.0972. The first kappa shape index (κ1) is 13.1. The Morgan fingerprint density at radius 3 is 2.95 bits per heavy atom. The van der Waals surface area contributed by atoms with Crippen molar-refractivity contribution in [1.29, 1.82) is 0 Å². The average molecular weight is 269 g/mol. The van der Waals surface area contributed by atoms with Crippen molar-refractivity contribution in [1.82, 2.24) is 4.57 Å². The highest BCUT2D eigenvalue weighted by atomic mass is 16.2. The Morgan fingerprint density at radius 2 is 2.10 bits per heavy atom. The predicted molar refractivity (Wildman–Crippen MR) is 78.4 cm³/mol. The highest BCUT2D eigenvalue weighted by Crippen LogP contribution is 2.25. The van der Waals surface area contributed by atoms with Gasteiger partial charge in [-0.2, -0.15) is 0 Å². The van der Waals surface area contributed by atoms with Gasteiger partial charge in [-0.15, -0.1) is 0 Å². The number of Topliss-reactive ketones (excluding diaryl/α,β-unsaturated/α-hetero) is 1. The second-order valence-electron chi connectivity index (χ2n) is 5.32. The summed E-state index contributed by atoms with van der Waals surface area (Å²) in [5, 5.41) is 8.93. The molecule has 1 aliphatic rings. The number of aliphatic hydroxyl groups is 1. The summed E-state index contributed by atoms with van der Waals surface area (Å²) >= 11 is 0. The summed E-state index contributed by atoms with van der Waals surface area (Å²) in [4.78, 5) is 11.9. The van der Waals surface area contributed by atoms with E-state index in [1.165, 1.54) is 5.56 Å². The van der Waals surface area contributed by atoms with E-state index >= 15 is 0 Å². The second-order valence-corrected chi connectivity index (χ2v) is 5.32. The van der Waals surface area contributed by atoms with E-state index in [9.17, 15) is 4.79 Å². The first-order valence-electron chi connectivity index (χ1n) is 7.23. The van der Waals surface area contributed by atoms with Crippen molar-refractivity contribution in [3.8, 4) is 5.69 Å². The van der Waals surface area contributed by atoms with Crippen molar-refractivity contribution in [2.24, 2.45) is 0 Å². The number of rotatable bonds is 4. The van der Waals surface area contributed by atoms with Crippen LogP contribution in [-0.2, 0) is 12.8 Å². The normalized spacial score (nSPS) is 14.3. The zero-order valence-corrected chi connectivity index (χ0v) is 11.5. The van der Waals surface area contributed by atoms with E-state index < -0.39 is 0 Å². The molecular weight excluding hydrogens is 250 g/mol. The van der Waals surface area contributed by atoms with Crippen molar-refractivity contribution >= 4 is 5.78 Å². The van der Waals surface area contributed by atoms with Gasteiger partial charge < -0.3 is 9.67 Å². The fourth-order valence-electron chi connectivity index (χ4n) is 2.91. The molecule has 20 heavy (non-hydrogen) atoms. The standard InChI is InChI=1S/C17H19NO2/c19-11-3-5-13-4-1-6-14(12-13)18-10-9-15-16(18)7-2-8-17(15)20/h1,4,6,9-10,12,19H,2-3,5,7-8,11H2. The molecule has 0 atom stereocenters. The van der Waals surface area contributed by atoms with Gasteiger partial charge in [-0.05, 0) is 49.4 Å². The molecule has 3 nitrogen and oxygen atoms in total. The van der Waals surface area contributed by atoms with Crippen molar-refractivity contribution in [2.75, 3.05) is 6.61 Å². The number of ketones is 1. The van der Waals surface area contributed by atoms with E-state index in [0.717, 1.165) is 42.6 Å². The van der Waals surface area contributed by atoms with Crippen LogP contribution in [0.5, 0.6) is 0 Å². The van der Waals surface area contributed by atoms with Gasteiger partial charge >= 0.3 is 0 Å². The van der Waals surface area contributed by atoms with Gasteiger partial charge in [0.25, 0.3) is 0 Å². The Labute approximate surface area is 118 Å². The van der Waals surface area contributed by atoms with Gasteiger partial charge in [0.05, 0.1) is 0 Å². The molecule has 0 amide bonds. The molecule has 3 rings (SSSR count). The van der Waals surface area contributed by atoms with Gasteiger partial charge in [-0.1, -0.05) is 12.1 Å². The summed E-state index contributed by atoms with van der Waals surface area (Å²) in [7, 11) is 0. The molecule has 3 heteroatoms. The zero-order valence-electron chi connectivity index (χ0n) is 11.5. The Morgan fingerprint density at radius 1 is 1.20 bits per heavy atom. The lowest BCUT2D eigenvalue weighted by atomic mass is 9.96. The van der Waals surface area contributed by atoms with Crippen molar-refractivity contribution in [2.45, 2.75) is 32.1 Å². The van der Waals surface area contributed by atoms with Gasteiger partial charge in [0.2, 0.25) is 0 Å². The molecule has 0 saturated heterocycles. The Hall–Kier alpha value is -1.87. The zero-order chi connectivity index (χ0) is 13.9. The number of hydrogen-bond donors (Lipinski definition) is 1. The highest BCUT2D eigenvalue weighted by Gasteiger charge is 2.20. The maximum absolute atomic E-state index is 11.9. The van der Waals surface area contributed by atoms with E-state index in [4.69, 9.17) is 5.11 Å². The molecule has 1 N–H and O–H groups in total. The third-order valence-electron chi connectivity index (χ3n) is 3.92. The molecule has 104 valence electrons. The molecule has 0 bridgehead atoms. The number of benzene rings is 1. The van der Waals surface area contributed by atoms with Crippen LogP contribution in [0.4, 0.5) is 0 Å². The SMILES string of the molecule is O=C1CCCc2c1ccn2-c1cccc(CCCO)c1. The summed E-state index contributed by atoms with van der Waals surface area (Å²) in [5.41, 5.74) is 4.36. The van der Waals surface area contributed by atoms with Crippen LogP contribution in [0.25, 0.3) is 5.69 Å². The lowest BCUT2D eigenvalue weighted by Crippen LogP contribution is -2.12. The van der Waals surface area contributed by atoms with E-state index in [-0.39, 0.29) is 12.4 Å². The van der Waals surface area contributed by atoms with Crippen LogP contribution < -0.4 is 0 Å². The Balaban J connectivity index is 1.95. The van der Waals surface area contributed by atoms with Crippen molar-refractivity contribution in [3.05, 3.63) is 53.3 Å². The van der Waals surface area contributed by atoms with E-state index in [0.29, 0.717) is 6.42 Å². The smallest absolute Gasteiger partial charge is 0.164 e. The molecule has 0 fully saturated rings. The summed E-state index contributed by atoms with van der Waals surface area (Å²) in [6.45, 7) is 0.220. The largest absolute Gasteiger partial charge is 0.396 e. The minimum atomic E-state index is 0.220. The quantitative estimate of drug-likeness (QED) is 0.927. The average Bonchev–Trinajstić information content (AvgIpc) is 2.91. The Kier molecular flexibility index (Phi) is 3.70. The van der Waals surface area contributed by atoms with Gasteiger partial charge in [-0.3, -0.25) is 4.79 Å². The van der Waals surface area contributed by atoms with E-state index in [2.05, 4.69) is 22.8 Å². The number of nitrogens with zero attached hydrogens (tertiary/aromatic N) is 1. The summed E-state index contributed by atoms with van der Waals surface area (Å²) in [5.74, 6) is 0.265.